The molecule has 2 aromatic carbocycles. The van der Waals surface area contributed by atoms with Gasteiger partial charge in [0.2, 0.25) is 9.84 Å². The van der Waals surface area contributed by atoms with Crippen molar-refractivity contribution in [2.75, 3.05) is 0 Å². The van der Waals surface area contributed by atoms with Gasteiger partial charge in [-0.05, 0) is 54.8 Å². The Hall–Kier alpha value is -2.64. The van der Waals surface area contributed by atoms with Gasteiger partial charge in [-0.25, -0.2) is 12.8 Å². The van der Waals surface area contributed by atoms with E-state index in [1.807, 2.05) is 6.07 Å². The molecule has 4 heterocycles. The quantitative estimate of drug-likeness (QED) is 0.526. The summed E-state index contributed by atoms with van der Waals surface area (Å²) in [4.78, 5) is 3.10. The summed E-state index contributed by atoms with van der Waals surface area (Å²) < 4.78 is 42.9. The molecule has 0 amide bonds. The lowest BCUT2D eigenvalue weighted by Gasteiger charge is -2.23. The zero-order valence-corrected chi connectivity index (χ0v) is 16.7. The molecule has 7 heteroatoms. The number of halogens is 1. The standard InChI is InChI=1S/C22H20FN3O2S/c1-26-19-8-6-13(10-15(19)22-18-7-5-12(24-18)9-20(22)26)29(27,28)21-11-14-16(23)3-2-4-17(14)25-21/h2-4,6,8,10-12,18,24-25H,5,7,9H2,1H3. The maximum atomic E-state index is 14.1. The topological polar surface area (TPSA) is 66.9 Å². The summed E-state index contributed by atoms with van der Waals surface area (Å²) in [5.74, 6) is -0.436. The number of rotatable bonds is 2. The van der Waals surface area contributed by atoms with E-state index in [0.29, 0.717) is 11.6 Å². The van der Waals surface area contributed by atoms with E-state index in [0.717, 1.165) is 30.2 Å². The molecular formula is C22H20FN3O2S. The Morgan fingerprint density at radius 2 is 1.97 bits per heavy atom. The van der Waals surface area contributed by atoms with Crippen LogP contribution in [0.2, 0.25) is 0 Å². The van der Waals surface area contributed by atoms with Gasteiger partial charge in [-0.1, -0.05) is 6.07 Å². The van der Waals surface area contributed by atoms with Crippen LogP contribution in [0.25, 0.3) is 21.8 Å². The number of aromatic nitrogens is 2. The highest BCUT2D eigenvalue weighted by molar-refractivity contribution is 7.91. The minimum absolute atomic E-state index is 0.0146. The fraction of sp³-hybridized carbons (Fsp3) is 0.273. The predicted octanol–water partition coefficient (Wildman–Crippen LogP) is 3.98. The van der Waals surface area contributed by atoms with Gasteiger partial charge in [0.1, 0.15) is 10.8 Å². The van der Waals surface area contributed by atoms with Crippen LogP contribution < -0.4 is 5.32 Å². The molecule has 0 saturated carbocycles. The number of nitrogens with zero attached hydrogens (tertiary/aromatic N) is 1. The number of aryl methyl sites for hydroxylation is 1. The first-order valence-electron chi connectivity index (χ1n) is 9.83. The normalized spacial score (nSPS) is 21.2. The fourth-order valence-corrected chi connectivity index (χ4v) is 6.40. The maximum absolute atomic E-state index is 14.1. The number of hydrogen-bond donors (Lipinski definition) is 2. The van der Waals surface area contributed by atoms with Gasteiger partial charge < -0.3 is 14.9 Å². The molecule has 0 aliphatic carbocycles. The Kier molecular flexibility index (Phi) is 3.39. The molecule has 2 N–H and O–H groups in total. The molecule has 2 aromatic heterocycles. The van der Waals surface area contributed by atoms with Crippen LogP contribution in [-0.4, -0.2) is 24.0 Å². The summed E-state index contributed by atoms with van der Waals surface area (Å²) in [5.41, 5.74) is 4.05. The van der Waals surface area contributed by atoms with E-state index < -0.39 is 15.7 Å². The Labute approximate surface area is 167 Å². The number of nitrogens with one attached hydrogen (secondary N) is 2. The third kappa shape index (κ3) is 2.31. The highest BCUT2D eigenvalue weighted by Crippen LogP contribution is 2.42. The number of hydrogen-bond acceptors (Lipinski definition) is 3. The van der Waals surface area contributed by atoms with Crippen molar-refractivity contribution in [3.05, 3.63) is 59.5 Å². The molecule has 29 heavy (non-hydrogen) atoms. The van der Waals surface area contributed by atoms with Crippen LogP contribution in [0.15, 0.2) is 52.4 Å². The SMILES string of the molecule is Cn1c2c(c3cc(S(=O)(=O)c4cc5c(F)cccc5[nH]4)ccc31)C1CCC(C2)N1. The van der Waals surface area contributed by atoms with Gasteiger partial charge >= 0.3 is 0 Å². The highest BCUT2D eigenvalue weighted by atomic mass is 32.2. The molecule has 5 nitrogen and oxygen atoms in total. The van der Waals surface area contributed by atoms with Gasteiger partial charge in [-0.15, -0.1) is 0 Å². The molecule has 2 aliphatic rings. The van der Waals surface area contributed by atoms with Gasteiger partial charge in [0, 0.05) is 53.1 Å². The lowest BCUT2D eigenvalue weighted by atomic mass is 9.99. The lowest BCUT2D eigenvalue weighted by molar-refractivity contribution is 0.503. The first-order valence-corrected chi connectivity index (χ1v) is 11.3. The molecule has 1 fully saturated rings. The van der Waals surface area contributed by atoms with E-state index in [1.54, 1.807) is 24.3 Å². The van der Waals surface area contributed by atoms with E-state index >= 15 is 0 Å². The summed E-state index contributed by atoms with van der Waals surface area (Å²) in [5, 5.41) is 4.94. The second-order valence-corrected chi connectivity index (χ2v) is 10.1. The van der Waals surface area contributed by atoms with Crippen molar-refractivity contribution in [2.45, 2.75) is 41.3 Å². The molecule has 0 spiro atoms. The minimum Gasteiger partial charge on any atom is -0.347 e. The first kappa shape index (κ1) is 17.2. The van der Waals surface area contributed by atoms with Crippen LogP contribution in [0.4, 0.5) is 4.39 Å². The second kappa shape index (κ2) is 5.70. The average Bonchev–Trinajstić information content (AvgIpc) is 3.39. The van der Waals surface area contributed by atoms with Crippen molar-refractivity contribution >= 4 is 31.6 Å². The Morgan fingerprint density at radius 1 is 1.10 bits per heavy atom. The molecule has 2 aliphatic heterocycles. The number of fused-ring (bicyclic) bond motifs is 7. The van der Waals surface area contributed by atoms with Crippen molar-refractivity contribution in [1.29, 1.82) is 0 Å². The van der Waals surface area contributed by atoms with Crippen LogP contribution in [0.1, 0.15) is 30.1 Å². The van der Waals surface area contributed by atoms with Gasteiger partial charge in [0.25, 0.3) is 0 Å². The van der Waals surface area contributed by atoms with Crippen LogP contribution in [0, 0.1) is 5.82 Å². The molecular weight excluding hydrogens is 389 g/mol. The van der Waals surface area contributed by atoms with Crippen molar-refractivity contribution in [1.82, 2.24) is 14.9 Å². The van der Waals surface area contributed by atoms with Gasteiger partial charge in [-0.3, -0.25) is 0 Å². The fourth-order valence-electron chi connectivity index (χ4n) is 5.11. The maximum Gasteiger partial charge on any atom is 0.221 e. The summed E-state index contributed by atoms with van der Waals surface area (Å²) in [6.07, 6.45) is 3.20. The lowest BCUT2D eigenvalue weighted by Crippen LogP contribution is -2.32. The van der Waals surface area contributed by atoms with Crippen LogP contribution in [0.3, 0.4) is 0 Å². The van der Waals surface area contributed by atoms with Crippen molar-refractivity contribution in [3.8, 4) is 0 Å². The van der Waals surface area contributed by atoms with Crippen LogP contribution in [-0.2, 0) is 23.3 Å². The van der Waals surface area contributed by atoms with Crippen molar-refractivity contribution < 1.29 is 12.8 Å². The van der Waals surface area contributed by atoms with E-state index in [9.17, 15) is 12.8 Å². The summed E-state index contributed by atoms with van der Waals surface area (Å²) in [6, 6.07) is 12.1. The molecule has 2 unspecified atom stereocenters. The molecule has 2 atom stereocenters. The largest absolute Gasteiger partial charge is 0.347 e. The highest BCUT2D eigenvalue weighted by Gasteiger charge is 2.36. The Morgan fingerprint density at radius 3 is 2.79 bits per heavy atom. The van der Waals surface area contributed by atoms with E-state index in [2.05, 4.69) is 21.9 Å². The van der Waals surface area contributed by atoms with E-state index in [4.69, 9.17) is 0 Å². The number of aromatic amines is 1. The molecule has 4 aromatic rings. The van der Waals surface area contributed by atoms with E-state index in [-0.39, 0.29) is 21.3 Å². The van der Waals surface area contributed by atoms with Gasteiger partial charge in [0.15, 0.2) is 0 Å². The zero-order valence-electron chi connectivity index (χ0n) is 15.9. The average molecular weight is 409 g/mol. The van der Waals surface area contributed by atoms with Crippen LogP contribution in [0.5, 0.6) is 0 Å². The smallest absolute Gasteiger partial charge is 0.221 e. The van der Waals surface area contributed by atoms with E-state index in [1.165, 1.54) is 23.4 Å². The predicted molar refractivity (Wildman–Crippen MR) is 109 cm³/mol. The monoisotopic (exact) mass is 409 g/mol. The summed E-state index contributed by atoms with van der Waals surface area (Å²) in [7, 11) is -1.74. The Bertz CT molecular complexity index is 1420. The second-order valence-electron chi connectivity index (χ2n) is 8.13. The molecule has 1 saturated heterocycles. The van der Waals surface area contributed by atoms with Crippen molar-refractivity contribution in [2.24, 2.45) is 7.05 Å². The summed E-state index contributed by atoms with van der Waals surface area (Å²) in [6.45, 7) is 0. The number of benzene rings is 2. The molecule has 6 rings (SSSR count). The molecule has 0 radical (unpaired) electrons. The van der Waals surface area contributed by atoms with Crippen LogP contribution >= 0.6 is 0 Å². The first-order chi connectivity index (χ1) is 13.9. The number of sulfone groups is 1. The van der Waals surface area contributed by atoms with Gasteiger partial charge in [-0.2, -0.15) is 0 Å². The molecule has 2 bridgehead atoms. The Balaban J connectivity index is 1.55. The zero-order chi connectivity index (χ0) is 19.9. The minimum atomic E-state index is -3.79. The molecule has 148 valence electrons. The summed E-state index contributed by atoms with van der Waals surface area (Å²) >= 11 is 0. The third-order valence-corrected chi connectivity index (χ3v) is 8.22. The van der Waals surface area contributed by atoms with Crippen molar-refractivity contribution in [3.63, 3.8) is 0 Å². The van der Waals surface area contributed by atoms with Gasteiger partial charge in [0.05, 0.1) is 4.90 Å². The number of H-pyrrole nitrogens is 1. The third-order valence-electron chi connectivity index (χ3n) is 6.55.